The molecule has 0 atom stereocenters. The van der Waals surface area contributed by atoms with Crippen molar-refractivity contribution in [3.05, 3.63) is 94.5 Å². The van der Waals surface area contributed by atoms with Gasteiger partial charge in [-0.2, -0.15) is 0 Å². The average molecular weight is 518 g/mol. The molecule has 2 aromatic heterocycles. The fraction of sp³-hybridized carbons (Fsp3) is 0.179. The number of aryl methyl sites for hydroxylation is 2. The van der Waals surface area contributed by atoms with Gasteiger partial charge in [0.2, 0.25) is 0 Å². The number of rotatable bonds is 8. The molecule has 0 radical (unpaired) electrons. The maximum Gasteiger partial charge on any atom is 0.331 e. The van der Waals surface area contributed by atoms with Crippen LogP contribution in [0.25, 0.3) is 17.0 Å². The van der Waals surface area contributed by atoms with Gasteiger partial charge in [0.15, 0.2) is 0 Å². The molecule has 0 bridgehead atoms. The molecule has 0 spiro atoms. The third kappa shape index (κ3) is 5.15. The standard InChI is InChI=1S/C28H24ClN3O5/c1-18-14-20(9-10-24(18)29)36-13-5-11-31-16-19(22-7-2-3-8-25(22)31)15-23-26(33)30-28(35)32(27(23)34)17-21-6-4-12-37-21/h2-4,6-10,12,14-16H,5,11,13,17H2,1H3,(H,30,33,35)/b23-15-. The van der Waals surface area contributed by atoms with Crippen LogP contribution in [0.2, 0.25) is 5.02 Å². The van der Waals surface area contributed by atoms with Crippen LogP contribution in [-0.4, -0.2) is 33.9 Å². The molecule has 9 heteroatoms. The van der Waals surface area contributed by atoms with Crippen molar-refractivity contribution < 1.29 is 23.5 Å². The largest absolute Gasteiger partial charge is 0.494 e. The number of hydrogen-bond donors (Lipinski definition) is 1. The lowest BCUT2D eigenvalue weighted by atomic mass is 10.1. The quantitative estimate of drug-likeness (QED) is 0.194. The molecular formula is C28H24ClN3O5. The van der Waals surface area contributed by atoms with Crippen LogP contribution < -0.4 is 10.1 Å². The van der Waals surface area contributed by atoms with Crippen molar-refractivity contribution >= 4 is 46.4 Å². The fourth-order valence-corrected chi connectivity index (χ4v) is 4.38. The number of para-hydroxylation sites is 1. The molecule has 0 aliphatic carbocycles. The number of urea groups is 1. The van der Waals surface area contributed by atoms with Gasteiger partial charge in [-0.3, -0.25) is 19.8 Å². The minimum Gasteiger partial charge on any atom is -0.494 e. The van der Waals surface area contributed by atoms with Crippen LogP contribution >= 0.6 is 11.6 Å². The highest BCUT2D eigenvalue weighted by molar-refractivity contribution is 6.31. The van der Waals surface area contributed by atoms with Crippen molar-refractivity contribution in [3.8, 4) is 5.75 Å². The summed E-state index contributed by atoms with van der Waals surface area (Å²) in [7, 11) is 0. The van der Waals surface area contributed by atoms with Gasteiger partial charge in [0.25, 0.3) is 11.8 Å². The van der Waals surface area contributed by atoms with Crippen LogP contribution in [0.15, 0.2) is 77.0 Å². The summed E-state index contributed by atoms with van der Waals surface area (Å²) in [4.78, 5) is 39.0. The van der Waals surface area contributed by atoms with Crippen LogP contribution in [-0.2, 0) is 22.7 Å². The maximum atomic E-state index is 13.1. The molecule has 1 fully saturated rings. The Bertz CT molecular complexity index is 1520. The number of fused-ring (bicyclic) bond motifs is 1. The van der Waals surface area contributed by atoms with E-state index in [0.29, 0.717) is 29.5 Å². The van der Waals surface area contributed by atoms with Crippen molar-refractivity contribution in [1.82, 2.24) is 14.8 Å². The van der Waals surface area contributed by atoms with Gasteiger partial charge in [-0.25, -0.2) is 4.79 Å². The lowest BCUT2D eigenvalue weighted by molar-refractivity contribution is -0.130. The zero-order valence-corrected chi connectivity index (χ0v) is 20.8. The summed E-state index contributed by atoms with van der Waals surface area (Å²) < 4.78 is 13.2. The Balaban J connectivity index is 1.35. The Kier molecular flexibility index (Phi) is 6.83. The van der Waals surface area contributed by atoms with Crippen molar-refractivity contribution in [3.63, 3.8) is 0 Å². The van der Waals surface area contributed by atoms with E-state index >= 15 is 0 Å². The van der Waals surface area contributed by atoms with Gasteiger partial charge in [0.1, 0.15) is 17.1 Å². The first-order valence-corrected chi connectivity index (χ1v) is 12.2. The second kappa shape index (κ2) is 10.4. The monoisotopic (exact) mass is 517 g/mol. The lowest BCUT2D eigenvalue weighted by Gasteiger charge is -2.25. The molecule has 37 heavy (non-hydrogen) atoms. The number of carbonyl (C=O) groups is 3. The summed E-state index contributed by atoms with van der Waals surface area (Å²) in [6, 6.07) is 15.9. The van der Waals surface area contributed by atoms with Crippen LogP contribution in [0.5, 0.6) is 5.75 Å². The molecule has 1 N–H and O–H groups in total. The summed E-state index contributed by atoms with van der Waals surface area (Å²) in [5.41, 5.74) is 2.51. The molecule has 8 nitrogen and oxygen atoms in total. The molecule has 1 saturated heterocycles. The van der Waals surface area contributed by atoms with Crippen LogP contribution in [0.3, 0.4) is 0 Å². The molecular weight excluding hydrogens is 494 g/mol. The number of hydrogen-bond acceptors (Lipinski definition) is 5. The molecule has 188 valence electrons. The van der Waals surface area contributed by atoms with Crippen molar-refractivity contribution in [2.24, 2.45) is 0 Å². The third-order valence-corrected chi connectivity index (χ3v) is 6.56. The van der Waals surface area contributed by atoms with E-state index in [-0.39, 0.29) is 12.1 Å². The Morgan fingerprint density at radius 2 is 1.92 bits per heavy atom. The first kappa shape index (κ1) is 24.4. The topological polar surface area (TPSA) is 93.8 Å². The van der Waals surface area contributed by atoms with E-state index in [4.69, 9.17) is 20.8 Å². The van der Waals surface area contributed by atoms with Crippen molar-refractivity contribution in [2.75, 3.05) is 6.61 Å². The van der Waals surface area contributed by atoms with Gasteiger partial charge in [0, 0.05) is 34.2 Å². The van der Waals surface area contributed by atoms with E-state index in [9.17, 15) is 14.4 Å². The van der Waals surface area contributed by atoms with Gasteiger partial charge in [-0.1, -0.05) is 29.8 Å². The number of amides is 4. The van der Waals surface area contributed by atoms with Crippen LogP contribution in [0.4, 0.5) is 4.79 Å². The normalized spacial score (nSPS) is 15.0. The number of halogens is 1. The Labute approximate surface area is 218 Å². The number of imide groups is 2. The number of carbonyl (C=O) groups excluding carboxylic acids is 3. The molecule has 0 unspecified atom stereocenters. The van der Waals surface area contributed by atoms with E-state index in [1.807, 2.05) is 55.6 Å². The van der Waals surface area contributed by atoms with E-state index in [2.05, 4.69) is 9.88 Å². The van der Waals surface area contributed by atoms with Gasteiger partial charge in [-0.05, 0) is 61.4 Å². The Morgan fingerprint density at radius 1 is 1.08 bits per heavy atom. The summed E-state index contributed by atoms with van der Waals surface area (Å²) in [6.45, 7) is 3.03. The number of aromatic nitrogens is 1. The lowest BCUT2D eigenvalue weighted by Crippen LogP contribution is -2.53. The third-order valence-electron chi connectivity index (χ3n) is 6.14. The second-order valence-electron chi connectivity index (χ2n) is 8.70. The van der Waals surface area contributed by atoms with Crippen LogP contribution in [0, 0.1) is 6.92 Å². The Morgan fingerprint density at radius 3 is 2.70 bits per heavy atom. The van der Waals surface area contributed by atoms with Gasteiger partial charge < -0.3 is 13.7 Å². The van der Waals surface area contributed by atoms with E-state index in [1.165, 1.54) is 12.3 Å². The molecule has 0 saturated carbocycles. The minimum atomic E-state index is -0.776. The number of nitrogens with zero attached hydrogens (tertiary/aromatic N) is 2. The number of nitrogens with one attached hydrogen (secondary N) is 1. The van der Waals surface area contributed by atoms with Crippen LogP contribution in [0.1, 0.15) is 23.3 Å². The second-order valence-corrected chi connectivity index (χ2v) is 9.10. The highest BCUT2D eigenvalue weighted by Gasteiger charge is 2.36. The minimum absolute atomic E-state index is 0.0722. The average Bonchev–Trinajstić information content (AvgIpc) is 3.52. The predicted octanol–water partition coefficient (Wildman–Crippen LogP) is 5.33. The highest BCUT2D eigenvalue weighted by atomic mass is 35.5. The summed E-state index contributed by atoms with van der Waals surface area (Å²) in [5, 5.41) is 3.84. The van der Waals surface area contributed by atoms with Gasteiger partial charge >= 0.3 is 6.03 Å². The summed E-state index contributed by atoms with van der Waals surface area (Å²) in [6.07, 6.45) is 5.63. The van der Waals surface area contributed by atoms with Gasteiger partial charge in [-0.15, -0.1) is 0 Å². The molecule has 1 aliphatic heterocycles. The SMILES string of the molecule is Cc1cc(OCCCn2cc(/C=C3/C(=O)NC(=O)N(Cc4ccco4)C3=O)c3ccccc32)ccc1Cl. The molecule has 4 aromatic rings. The van der Waals surface area contributed by atoms with Crippen molar-refractivity contribution in [1.29, 1.82) is 0 Å². The molecule has 5 rings (SSSR count). The zero-order valence-electron chi connectivity index (χ0n) is 20.1. The summed E-state index contributed by atoms with van der Waals surface area (Å²) >= 11 is 6.08. The molecule has 4 amide bonds. The number of barbiturate groups is 1. The zero-order chi connectivity index (χ0) is 25.9. The molecule has 3 heterocycles. The van der Waals surface area contributed by atoms with E-state index in [0.717, 1.165) is 33.5 Å². The van der Waals surface area contributed by atoms with E-state index in [1.54, 1.807) is 12.1 Å². The van der Waals surface area contributed by atoms with E-state index < -0.39 is 17.8 Å². The highest BCUT2D eigenvalue weighted by Crippen LogP contribution is 2.26. The molecule has 2 aromatic carbocycles. The number of benzene rings is 2. The maximum absolute atomic E-state index is 13.1. The number of ether oxygens (including phenoxy) is 1. The molecule has 1 aliphatic rings. The smallest absolute Gasteiger partial charge is 0.331 e. The predicted molar refractivity (Wildman–Crippen MR) is 139 cm³/mol. The number of furan rings is 1. The fourth-order valence-electron chi connectivity index (χ4n) is 4.26. The summed E-state index contributed by atoms with van der Waals surface area (Å²) in [5.74, 6) is -0.201. The van der Waals surface area contributed by atoms with Gasteiger partial charge in [0.05, 0.1) is 19.4 Å². The first-order chi connectivity index (χ1) is 17.9. The Hall–Kier alpha value is -4.30. The van der Waals surface area contributed by atoms with Crippen molar-refractivity contribution in [2.45, 2.75) is 26.4 Å². The first-order valence-electron chi connectivity index (χ1n) is 11.8.